The van der Waals surface area contributed by atoms with Gasteiger partial charge >= 0.3 is 0 Å². The lowest BCUT2D eigenvalue weighted by atomic mass is 9.80. The van der Waals surface area contributed by atoms with Crippen LogP contribution in [-0.2, 0) is 9.53 Å². The summed E-state index contributed by atoms with van der Waals surface area (Å²) in [6.45, 7) is 4.54. The molecule has 0 saturated heterocycles. The standard InChI is InChI=1S/C11H21NO3/c1-3-15-10-4-9(5-10)6-11(14)12-8(2)7-13/h8-10,13H,3-7H2,1-2H3,(H,12,14)/t8-,9?,10?/m0/s1. The molecular formula is C11H21NO3. The van der Waals surface area contributed by atoms with Gasteiger partial charge in [0.05, 0.1) is 12.7 Å². The van der Waals surface area contributed by atoms with Gasteiger partial charge < -0.3 is 15.2 Å². The normalized spacial score (nSPS) is 26.9. The molecule has 15 heavy (non-hydrogen) atoms. The summed E-state index contributed by atoms with van der Waals surface area (Å²) in [4.78, 5) is 11.4. The molecule has 1 atom stereocenters. The number of hydrogen-bond donors (Lipinski definition) is 2. The molecule has 1 aliphatic carbocycles. The maximum atomic E-state index is 11.4. The summed E-state index contributed by atoms with van der Waals surface area (Å²) in [5.74, 6) is 0.504. The van der Waals surface area contributed by atoms with Gasteiger partial charge in [0.2, 0.25) is 5.91 Å². The third kappa shape index (κ3) is 4.18. The maximum absolute atomic E-state index is 11.4. The van der Waals surface area contributed by atoms with Crippen LogP contribution in [0.15, 0.2) is 0 Å². The smallest absolute Gasteiger partial charge is 0.220 e. The Morgan fingerprint density at radius 3 is 2.80 bits per heavy atom. The first kappa shape index (κ1) is 12.5. The van der Waals surface area contributed by atoms with E-state index >= 15 is 0 Å². The second kappa shape index (κ2) is 6.08. The second-order valence-corrected chi connectivity index (χ2v) is 4.27. The highest BCUT2D eigenvalue weighted by molar-refractivity contribution is 5.76. The third-order valence-corrected chi connectivity index (χ3v) is 2.75. The minimum absolute atomic E-state index is 0.00201. The van der Waals surface area contributed by atoms with Crippen LogP contribution in [0, 0.1) is 5.92 Å². The number of aliphatic hydroxyl groups excluding tert-OH is 1. The highest BCUT2D eigenvalue weighted by Gasteiger charge is 2.31. The average Bonchev–Trinajstić information content (AvgIpc) is 2.14. The Morgan fingerprint density at radius 2 is 2.27 bits per heavy atom. The van der Waals surface area contributed by atoms with E-state index in [1.165, 1.54) is 0 Å². The third-order valence-electron chi connectivity index (χ3n) is 2.75. The van der Waals surface area contributed by atoms with E-state index in [4.69, 9.17) is 9.84 Å². The molecule has 0 aromatic rings. The number of aliphatic hydroxyl groups is 1. The molecule has 0 unspecified atom stereocenters. The van der Waals surface area contributed by atoms with E-state index < -0.39 is 0 Å². The SMILES string of the molecule is CCOC1CC(CC(=O)N[C@@H](C)CO)C1. The number of ether oxygens (including phenoxy) is 1. The lowest BCUT2D eigenvalue weighted by Gasteiger charge is -2.34. The molecule has 0 aromatic carbocycles. The second-order valence-electron chi connectivity index (χ2n) is 4.27. The summed E-state index contributed by atoms with van der Waals surface area (Å²) < 4.78 is 5.42. The number of carbonyl (C=O) groups excluding carboxylic acids is 1. The van der Waals surface area contributed by atoms with Gasteiger partial charge in [0.25, 0.3) is 0 Å². The van der Waals surface area contributed by atoms with Crippen LogP contribution >= 0.6 is 0 Å². The Balaban J connectivity index is 2.08. The van der Waals surface area contributed by atoms with Crippen LogP contribution in [0.5, 0.6) is 0 Å². The van der Waals surface area contributed by atoms with Crippen molar-refractivity contribution in [3.05, 3.63) is 0 Å². The fourth-order valence-corrected chi connectivity index (χ4v) is 1.85. The molecule has 0 heterocycles. The molecule has 88 valence electrons. The van der Waals surface area contributed by atoms with Gasteiger partial charge in [-0.3, -0.25) is 4.79 Å². The number of carbonyl (C=O) groups is 1. The summed E-state index contributed by atoms with van der Waals surface area (Å²) in [5, 5.41) is 11.5. The van der Waals surface area contributed by atoms with Gasteiger partial charge in [-0.05, 0) is 32.6 Å². The summed E-state index contributed by atoms with van der Waals surface area (Å²) >= 11 is 0. The zero-order valence-electron chi connectivity index (χ0n) is 9.53. The Labute approximate surface area is 91.0 Å². The lowest BCUT2D eigenvalue weighted by Crippen LogP contribution is -2.39. The van der Waals surface area contributed by atoms with Gasteiger partial charge in [0, 0.05) is 19.1 Å². The van der Waals surface area contributed by atoms with Crippen molar-refractivity contribution in [2.75, 3.05) is 13.2 Å². The van der Waals surface area contributed by atoms with Gasteiger partial charge in [0.1, 0.15) is 0 Å². The van der Waals surface area contributed by atoms with Crippen LogP contribution in [-0.4, -0.2) is 36.4 Å². The van der Waals surface area contributed by atoms with Gasteiger partial charge in [0.15, 0.2) is 0 Å². The largest absolute Gasteiger partial charge is 0.394 e. The predicted octanol–water partition coefficient (Wildman–Crippen LogP) is 0.689. The summed E-state index contributed by atoms with van der Waals surface area (Å²) in [7, 11) is 0. The molecule has 0 bridgehead atoms. The first-order chi connectivity index (χ1) is 7.15. The van der Waals surface area contributed by atoms with Crippen LogP contribution in [0.3, 0.4) is 0 Å². The molecule has 1 aliphatic rings. The van der Waals surface area contributed by atoms with Crippen LogP contribution < -0.4 is 5.32 Å². The van der Waals surface area contributed by atoms with Crippen molar-refractivity contribution in [3.8, 4) is 0 Å². The van der Waals surface area contributed by atoms with Crippen molar-refractivity contribution in [3.63, 3.8) is 0 Å². The molecule has 0 radical (unpaired) electrons. The lowest BCUT2D eigenvalue weighted by molar-refractivity contribution is -0.125. The highest BCUT2D eigenvalue weighted by Crippen LogP contribution is 2.32. The van der Waals surface area contributed by atoms with Crippen molar-refractivity contribution < 1.29 is 14.6 Å². The van der Waals surface area contributed by atoms with E-state index in [2.05, 4.69) is 5.32 Å². The zero-order valence-corrected chi connectivity index (χ0v) is 9.53. The fourth-order valence-electron chi connectivity index (χ4n) is 1.85. The number of amides is 1. The average molecular weight is 215 g/mol. The van der Waals surface area contributed by atoms with Crippen LogP contribution in [0.4, 0.5) is 0 Å². The summed E-state index contributed by atoms with van der Waals surface area (Å²) in [5.41, 5.74) is 0. The molecule has 0 aliphatic heterocycles. The molecule has 1 saturated carbocycles. The first-order valence-electron chi connectivity index (χ1n) is 5.67. The predicted molar refractivity (Wildman–Crippen MR) is 57.4 cm³/mol. The summed E-state index contributed by atoms with van der Waals surface area (Å²) in [6, 6.07) is -0.139. The Hall–Kier alpha value is -0.610. The van der Waals surface area contributed by atoms with E-state index in [9.17, 15) is 4.79 Å². The maximum Gasteiger partial charge on any atom is 0.220 e. The van der Waals surface area contributed by atoms with Crippen LogP contribution in [0.1, 0.15) is 33.1 Å². The Kier molecular flexibility index (Phi) is 5.05. The van der Waals surface area contributed by atoms with E-state index in [1.807, 2.05) is 6.92 Å². The van der Waals surface area contributed by atoms with E-state index in [1.54, 1.807) is 6.92 Å². The quantitative estimate of drug-likeness (QED) is 0.685. The minimum atomic E-state index is -0.139. The van der Waals surface area contributed by atoms with Crippen molar-refractivity contribution in [1.29, 1.82) is 0 Å². The molecule has 4 heteroatoms. The van der Waals surface area contributed by atoms with Crippen molar-refractivity contribution >= 4 is 5.91 Å². The fraction of sp³-hybridized carbons (Fsp3) is 0.909. The molecule has 0 aromatic heterocycles. The van der Waals surface area contributed by atoms with Crippen molar-refractivity contribution in [1.82, 2.24) is 5.32 Å². The molecule has 4 nitrogen and oxygen atoms in total. The van der Waals surface area contributed by atoms with E-state index in [0.29, 0.717) is 18.4 Å². The summed E-state index contributed by atoms with van der Waals surface area (Å²) in [6.07, 6.45) is 2.92. The number of hydrogen-bond acceptors (Lipinski definition) is 3. The highest BCUT2D eigenvalue weighted by atomic mass is 16.5. The molecule has 1 rings (SSSR count). The van der Waals surface area contributed by atoms with Crippen LogP contribution in [0.2, 0.25) is 0 Å². The molecular weight excluding hydrogens is 194 g/mol. The van der Waals surface area contributed by atoms with Gasteiger partial charge in [-0.1, -0.05) is 0 Å². The van der Waals surface area contributed by atoms with Gasteiger partial charge in [-0.2, -0.15) is 0 Å². The van der Waals surface area contributed by atoms with E-state index in [0.717, 1.165) is 19.4 Å². The molecule has 2 N–H and O–H groups in total. The van der Waals surface area contributed by atoms with Gasteiger partial charge in [-0.25, -0.2) is 0 Å². The first-order valence-corrected chi connectivity index (χ1v) is 5.67. The Bertz CT molecular complexity index is 202. The number of nitrogens with one attached hydrogen (secondary N) is 1. The molecule has 0 spiro atoms. The molecule has 1 fully saturated rings. The van der Waals surface area contributed by atoms with Crippen LogP contribution in [0.25, 0.3) is 0 Å². The topological polar surface area (TPSA) is 58.6 Å². The van der Waals surface area contributed by atoms with E-state index in [-0.39, 0.29) is 18.6 Å². The van der Waals surface area contributed by atoms with Crippen molar-refractivity contribution in [2.24, 2.45) is 5.92 Å². The minimum Gasteiger partial charge on any atom is -0.394 e. The molecule has 1 amide bonds. The van der Waals surface area contributed by atoms with Crippen molar-refractivity contribution in [2.45, 2.75) is 45.3 Å². The Morgan fingerprint density at radius 1 is 1.60 bits per heavy atom. The zero-order chi connectivity index (χ0) is 11.3. The monoisotopic (exact) mass is 215 g/mol. The number of rotatable bonds is 6. The van der Waals surface area contributed by atoms with Gasteiger partial charge in [-0.15, -0.1) is 0 Å².